The smallest absolute Gasteiger partial charge is 0.214 e. The summed E-state index contributed by atoms with van der Waals surface area (Å²) in [5.41, 5.74) is 40.2. The Morgan fingerprint density at radius 1 is 0.257 bits per heavy atom. The number of pyridine rings is 8. The number of benzene rings is 5. The first-order chi connectivity index (χ1) is 48.3. The molecule has 0 radical (unpaired) electrons. The molecule has 0 N–H and O–H groups in total. The van der Waals surface area contributed by atoms with E-state index in [0.717, 1.165) is 39.9 Å². The highest BCUT2D eigenvalue weighted by Crippen LogP contribution is 2.40. The molecule has 0 spiro atoms. The number of rotatable bonds is 11. The second-order valence-corrected chi connectivity index (χ2v) is 28.0. The lowest BCUT2D eigenvalue weighted by Gasteiger charge is -2.20. The zero-order chi connectivity index (χ0) is 72.5. The van der Waals surface area contributed by atoms with Gasteiger partial charge in [-0.2, -0.15) is 0 Å². The predicted octanol–water partition coefficient (Wildman–Crippen LogP) is 20.9. The normalized spacial score (nSPS) is 11.0. The van der Waals surface area contributed by atoms with Gasteiger partial charge < -0.3 is 0 Å². The highest BCUT2D eigenvalue weighted by atomic mass is 14.9. The first-order valence-electron chi connectivity index (χ1n) is 35.5. The van der Waals surface area contributed by atoms with Crippen molar-refractivity contribution >= 4 is 0 Å². The van der Waals surface area contributed by atoms with Gasteiger partial charge in [-0.15, -0.1) is 0 Å². The molecule has 0 aliphatic heterocycles. The van der Waals surface area contributed by atoms with Crippen LogP contribution in [0, 0.1) is 90.0 Å². The van der Waals surface area contributed by atoms with Crippen molar-refractivity contribution in [1.82, 2.24) is 19.9 Å². The Morgan fingerprint density at radius 2 is 0.614 bits per heavy atom. The second-order valence-electron chi connectivity index (χ2n) is 28.0. The Morgan fingerprint density at radius 3 is 1.03 bits per heavy atom. The van der Waals surface area contributed by atoms with Crippen LogP contribution in [0.5, 0.6) is 0 Å². The number of aryl methyl sites for hydroxylation is 17. The van der Waals surface area contributed by atoms with Gasteiger partial charge >= 0.3 is 0 Å². The maximum absolute atomic E-state index is 5.09. The molecule has 0 aliphatic rings. The van der Waals surface area contributed by atoms with Crippen LogP contribution in [0.15, 0.2) is 225 Å². The van der Waals surface area contributed by atoms with Gasteiger partial charge in [0, 0.05) is 71.4 Å². The average Bonchev–Trinajstić information content (AvgIpc) is 0.790. The van der Waals surface area contributed by atoms with Gasteiger partial charge in [0.05, 0.1) is 62.1 Å². The topological polar surface area (TPSA) is 67.1 Å². The number of aromatic nitrogens is 8. The van der Waals surface area contributed by atoms with E-state index in [2.05, 4.69) is 382 Å². The summed E-state index contributed by atoms with van der Waals surface area (Å²) < 4.78 is 8.64. The number of hydrogen-bond donors (Lipinski definition) is 0. The van der Waals surface area contributed by atoms with Gasteiger partial charge in [0.2, 0.25) is 22.8 Å². The largest absolute Gasteiger partial charge is 0.261 e. The molecule has 8 aromatic heterocycles. The van der Waals surface area contributed by atoms with Gasteiger partial charge in [-0.25, -0.2) is 18.3 Å². The lowest BCUT2D eigenvalue weighted by molar-refractivity contribution is -0.660. The fraction of sp³-hybridized carbons (Fsp3) is 0.247. The molecule has 0 unspecified atom stereocenters. The molecule has 8 nitrogen and oxygen atoms in total. The standard InChI is InChI=1S/C26H25N2.C25H31N2.2C21H23N2/c1-18-11-10-14-22(21-12-6-5-7-13-21)26(18)23-17-19(2)25(20(3)27-23)24-15-8-9-16-28(24)4;1-16(2)20-11-10-12-21(17(3)4)25(20)22-15-18(5)24(19(6)26-22)23-13-8-9-14-27(23)7;1-14-9-8-10-15(2)20(14)18-13-16(3)21(17(4)22-18)19-11-6-7-12-23(19)5;1-14-7-6-8-15(2)20(14)18-10-12-23(5)19(13-18)21-16(3)9-11-22-17(21)4/h5-17H,1-4H3;8-17H,1-7H3;2*6-13H,1-5H3/q4*+1. The monoisotopic (exact) mass is 1330 g/mol. The third-order valence-electron chi connectivity index (χ3n) is 19.6. The maximum atomic E-state index is 5.09. The lowest BCUT2D eigenvalue weighted by Crippen LogP contribution is -2.31. The van der Waals surface area contributed by atoms with Crippen molar-refractivity contribution in [1.29, 1.82) is 0 Å². The molecule has 8 heterocycles. The van der Waals surface area contributed by atoms with Gasteiger partial charge in [0.1, 0.15) is 28.2 Å². The molecule has 5 aromatic carbocycles. The van der Waals surface area contributed by atoms with Crippen LogP contribution in [0.25, 0.3) is 101 Å². The summed E-state index contributed by atoms with van der Waals surface area (Å²) in [6.07, 6.45) is 10.3. The zero-order valence-corrected chi connectivity index (χ0v) is 63.6. The van der Waals surface area contributed by atoms with E-state index < -0.39 is 0 Å². The minimum Gasteiger partial charge on any atom is -0.261 e. The van der Waals surface area contributed by atoms with Crippen molar-refractivity contribution in [2.24, 2.45) is 28.2 Å². The summed E-state index contributed by atoms with van der Waals surface area (Å²) in [5.74, 6) is 0.931. The van der Waals surface area contributed by atoms with Gasteiger partial charge in [-0.05, 0) is 228 Å². The minimum absolute atomic E-state index is 0.465. The SMILES string of the molecule is Cc1cc(-c2c(C(C)C)cccc2C(C)C)nc(C)c1-c1cccc[n+]1C.Cc1cccc(-c2ccccc2)c1-c1cc(C)c(-c2cccc[n+]2C)c(C)n1.Cc1cccc(C)c1-c1cc(C)c(-c2cccc[n+]2C)c(C)n1.Cc1cccc(C)c1-c1cc[n+](C)c(-c2c(C)ccnc2C)c1. The molecule has 510 valence electrons. The highest BCUT2D eigenvalue weighted by Gasteiger charge is 2.25. The fourth-order valence-electron chi connectivity index (χ4n) is 14.6. The first kappa shape index (κ1) is 73.0. The zero-order valence-electron chi connectivity index (χ0n) is 63.6. The van der Waals surface area contributed by atoms with Crippen LogP contribution in [0.4, 0.5) is 0 Å². The Bertz CT molecular complexity index is 5000. The van der Waals surface area contributed by atoms with E-state index in [4.69, 9.17) is 15.0 Å². The van der Waals surface area contributed by atoms with Crippen molar-refractivity contribution in [3.05, 3.63) is 309 Å². The van der Waals surface area contributed by atoms with Crippen molar-refractivity contribution in [3.63, 3.8) is 0 Å². The molecule has 0 saturated heterocycles. The van der Waals surface area contributed by atoms with E-state index in [1.807, 2.05) is 12.3 Å². The third kappa shape index (κ3) is 16.1. The van der Waals surface area contributed by atoms with Gasteiger partial charge in [-0.1, -0.05) is 131 Å². The number of nitrogens with zero attached hydrogens (tertiary/aromatic N) is 8. The summed E-state index contributed by atoms with van der Waals surface area (Å²) in [4.78, 5) is 19.6. The minimum atomic E-state index is 0.465. The van der Waals surface area contributed by atoms with Crippen LogP contribution in [0.2, 0.25) is 0 Å². The maximum Gasteiger partial charge on any atom is 0.214 e. The predicted molar refractivity (Wildman–Crippen MR) is 420 cm³/mol. The molecular weight excluding hydrogens is 1230 g/mol. The van der Waals surface area contributed by atoms with E-state index in [1.165, 1.54) is 145 Å². The highest BCUT2D eigenvalue weighted by molar-refractivity contribution is 5.86. The van der Waals surface area contributed by atoms with Crippen molar-refractivity contribution in [3.8, 4) is 101 Å². The third-order valence-corrected chi connectivity index (χ3v) is 19.6. The fourth-order valence-corrected chi connectivity index (χ4v) is 14.6. The summed E-state index contributed by atoms with van der Waals surface area (Å²) in [7, 11) is 8.34. The summed E-state index contributed by atoms with van der Waals surface area (Å²) in [5, 5.41) is 0. The molecule has 0 saturated carbocycles. The Hall–Kier alpha value is -10.7. The van der Waals surface area contributed by atoms with Crippen LogP contribution in [-0.2, 0) is 28.2 Å². The van der Waals surface area contributed by atoms with Crippen LogP contribution >= 0.6 is 0 Å². The number of hydrogen-bond acceptors (Lipinski definition) is 4. The van der Waals surface area contributed by atoms with Gasteiger partial charge in [-0.3, -0.25) is 19.9 Å². The average molecular weight is 1330 g/mol. The van der Waals surface area contributed by atoms with Crippen molar-refractivity contribution in [2.45, 2.75) is 130 Å². The van der Waals surface area contributed by atoms with Crippen LogP contribution in [0.3, 0.4) is 0 Å². The van der Waals surface area contributed by atoms with Crippen LogP contribution < -0.4 is 18.3 Å². The van der Waals surface area contributed by atoms with E-state index in [0.29, 0.717) is 11.8 Å². The van der Waals surface area contributed by atoms with Crippen LogP contribution in [-0.4, -0.2) is 19.9 Å². The van der Waals surface area contributed by atoms with E-state index in [9.17, 15) is 0 Å². The lowest BCUT2D eigenvalue weighted by atomic mass is 9.86. The summed E-state index contributed by atoms with van der Waals surface area (Å²) in [6, 6.07) is 68.7. The van der Waals surface area contributed by atoms with E-state index >= 15 is 0 Å². The van der Waals surface area contributed by atoms with E-state index in [1.54, 1.807) is 0 Å². The molecule has 101 heavy (non-hydrogen) atoms. The molecule has 0 atom stereocenters. The quantitative estimate of drug-likeness (QED) is 0.121. The van der Waals surface area contributed by atoms with Gasteiger partial charge in [0.25, 0.3) is 0 Å². The van der Waals surface area contributed by atoms with Crippen LogP contribution in [0.1, 0.15) is 124 Å². The Kier molecular flexibility index (Phi) is 23.2. The summed E-state index contributed by atoms with van der Waals surface area (Å²) in [6.45, 7) is 37.0. The second kappa shape index (κ2) is 32.1. The van der Waals surface area contributed by atoms with Gasteiger partial charge in [0.15, 0.2) is 24.8 Å². The first-order valence-corrected chi connectivity index (χ1v) is 35.5. The van der Waals surface area contributed by atoms with Crippen molar-refractivity contribution in [2.75, 3.05) is 0 Å². The Labute approximate surface area is 602 Å². The van der Waals surface area contributed by atoms with E-state index in [-0.39, 0.29) is 0 Å². The molecule has 0 fully saturated rings. The molecule has 13 rings (SSSR count). The summed E-state index contributed by atoms with van der Waals surface area (Å²) >= 11 is 0. The Balaban J connectivity index is 0.000000146. The molecular formula is C93H102N8+4. The van der Waals surface area contributed by atoms with Crippen molar-refractivity contribution < 1.29 is 18.3 Å². The molecule has 0 bridgehead atoms. The molecule has 0 amide bonds. The molecule has 0 aliphatic carbocycles. The molecule has 8 heteroatoms. The molecule has 13 aromatic rings.